The third kappa shape index (κ3) is 3.24. The summed E-state index contributed by atoms with van der Waals surface area (Å²) in [6.45, 7) is 1.84. The van der Waals surface area contributed by atoms with Gasteiger partial charge in [-0.05, 0) is 24.6 Å². The summed E-state index contributed by atoms with van der Waals surface area (Å²) < 4.78 is 27.8. The number of carbonyl (C=O) groups is 1. The molecule has 100 valence electrons. The van der Waals surface area contributed by atoms with Crippen LogP contribution in [0.2, 0.25) is 0 Å². The molecule has 0 bridgehead atoms. The van der Waals surface area contributed by atoms with Gasteiger partial charge in [0, 0.05) is 31.6 Å². The molecule has 5 heteroatoms. The Morgan fingerprint density at radius 1 is 1.26 bits per heavy atom. The molecule has 0 aliphatic heterocycles. The van der Waals surface area contributed by atoms with Gasteiger partial charge in [0.25, 0.3) is 0 Å². The Balaban J connectivity index is 2.07. The molecule has 2 aromatic rings. The summed E-state index contributed by atoms with van der Waals surface area (Å²) in [7, 11) is 1.76. The number of rotatable bonds is 4. The van der Waals surface area contributed by atoms with Gasteiger partial charge in [0.15, 0.2) is 0 Å². The van der Waals surface area contributed by atoms with Crippen molar-refractivity contribution >= 4 is 5.78 Å². The Hall–Kier alpha value is -2.04. The topological polar surface area (TPSA) is 34.9 Å². The normalized spacial score (nSPS) is 10.7. The first-order valence-electron chi connectivity index (χ1n) is 5.91. The average molecular weight is 264 g/mol. The molecule has 0 amide bonds. The van der Waals surface area contributed by atoms with Crippen LogP contribution in [0.5, 0.6) is 0 Å². The van der Waals surface area contributed by atoms with Crippen LogP contribution in [0.15, 0.2) is 24.3 Å². The molecule has 19 heavy (non-hydrogen) atoms. The molecular formula is C14H14F2N2O. The number of Topliss-reactive ketones (excluding diaryl/α,β-unsaturated/α-hetero) is 1. The number of carbonyl (C=O) groups excluding carboxylic acids is 1. The number of hydrogen-bond acceptors (Lipinski definition) is 2. The monoisotopic (exact) mass is 264 g/mol. The molecule has 1 heterocycles. The molecule has 0 saturated heterocycles. The quantitative estimate of drug-likeness (QED) is 0.849. The van der Waals surface area contributed by atoms with Crippen LogP contribution in [0.3, 0.4) is 0 Å². The van der Waals surface area contributed by atoms with Gasteiger partial charge >= 0.3 is 0 Å². The fraction of sp³-hybridized carbons (Fsp3) is 0.286. The minimum Gasteiger partial charge on any atom is -0.299 e. The molecule has 0 atom stereocenters. The molecule has 0 saturated carbocycles. The van der Waals surface area contributed by atoms with Crippen molar-refractivity contribution in [1.29, 1.82) is 0 Å². The van der Waals surface area contributed by atoms with Crippen molar-refractivity contribution in [2.24, 2.45) is 7.05 Å². The lowest BCUT2D eigenvalue weighted by molar-refractivity contribution is -0.117. The van der Waals surface area contributed by atoms with Crippen molar-refractivity contribution < 1.29 is 13.6 Å². The van der Waals surface area contributed by atoms with Crippen molar-refractivity contribution in [3.8, 4) is 0 Å². The highest BCUT2D eigenvalue weighted by Gasteiger charge is 2.12. The van der Waals surface area contributed by atoms with E-state index in [1.165, 1.54) is 6.07 Å². The lowest BCUT2D eigenvalue weighted by Gasteiger charge is -2.03. The molecule has 1 aromatic carbocycles. The predicted molar refractivity (Wildman–Crippen MR) is 66.7 cm³/mol. The minimum atomic E-state index is -0.686. The maximum Gasteiger partial charge on any atom is 0.143 e. The molecule has 1 aromatic heterocycles. The summed E-state index contributed by atoms with van der Waals surface area (Å²) in [6.07, 6.45) is 0.143. The van der Waals surface area contributed by atoms with Crippen molar-refractivity contribution in [2.75, 3.05) is 0 Å². The summed E-state index contributed by atoms with van der Waals surface area (Å²) in [5.41, 5.74) is 1.83. The van der Waals surface area contributed by atoms with Crippen molar-refractivity contribution in [1.82, 2.24) is 9.78 Å². The van der Waals surface area contributed by atoms with Gasteiger partial charge in [0.2, 0.25) is 0 Å². The van der Waals surface area contributed by atoms with Gasteiger partial charge < -0.3 is 0 Å². The number of aromatic nitrogens is 2. The zero-order valence-electron chi connectivity index (χ0n) is 10.8. The Kier molecular flexibility index (Phi) is 3.74. The van der Waals surface area contributed by atoms with Gasteiger partial charge in [-0.2, -0.15) is 5.10 Å². The third-order valence-electron chi connectivity index (χ3n) is 2.88. The maximum atomic E-state index is 13.4. The molecule has 0 fully saturated rings. The Labute approximate surface area is 109 Å². The van der Waals surface area contributed by atoms with Crippen LogP contribution in [0, 0.1) is 18.6 Å². The summed E-state index contributed by atoms with van der Waals surface area (Å²) in [6, 6.07) is 5.06. The van der Waals surface area contributed by atoms with Gasteiger partial charge in [0.1, 0.15) is 17.4 Å². The Morgan fingerprint density at radius 2 is 2.00 bits per heavy atom. The van der Waals surface area contributed by atoms with E-state index in [4.69, 9.17) is 0 Å². The van der Waals surface area contributed by atoms with Gasteiger partial charge in [-0.25, -0.2) is 8.78 Å². The number of halogens is 2. The second-order valence-electron chi connectivity index (χ2n) is 4.53. The fourth-order valence-electron chi connectivity index (χ4n) is 1.97. The van der Waals surface area contributed by atoms with Crippen LogP contribution >= 0.6 is 0 Å². The fourth-order valence-corrected chi connectivity index (χ4v) is 1.97. The molecule has 3 nitrogen and oxygen atoms in total. The van der Waals surface area contributed by atoms with Crippen LogP contribution < -0.4 is 0 Å². The zero-order chi connectivity index (χ0) is 14.0. The molecule has 2 rings (SSSR count). The van der Waals surface area contributed by atoms with Crippen LogP contribution in [0.25, 0.3) is 0 Å². The highest BCUT2D eigenvalue weighted by atomic mass is 19.1. The highest BCUT2D eigenvalue weighted by Crippen LogP contribution is 2.12. The van der Waals surface area contributed by atoms with E-state index in [0.717, 1.165) is 23.5 Å². The number of hydrogen-bond donors (Lipinski definition) is 0. The molecule has 0 radical (unpaired) electrons. The smallest absolute Gasteiger partial charge is 0.143 e. The van der Waals surface area contributed by atoms with E-state index < -0.39 is 11.6 Å². The SMILES string of the molecule is Cc1cc(CC(=O)Cc2ccc(F)cc2F)n(C)n1. The van der Waals surface area contributed by atoms with Gasteiger partial charge in [-0.3, -0.25) is 9.48 Å². The predicted octanol–water partition coefficient (Wildman–Crippen LogP) is 2.36. The number of aryl methyl sites for hydroxylation is 2. The Morgan fingerprint density at radius 3 is 2.58 bits per heavy atom. The first-order chi connectivity index (χ1) is 8.95. The molecule has 0 unspecified atom stereocenters. The van der Waals surface area contributed by atoms with Crippen LogP contribution in [0.1, 0.15) is 17.0 Å². The number of nitrogens with zero attached hydrogens (tertiary/aromatic N) is 2. The lowest BCUT2D eigenvalue weighted by atomic mass is 10.0. The van der Waals surface area contributed by atoms with Crippen LogP contribution in [-0.2, 0) is 24.7 Å². The van der Waals surface area contributed by atoms with E-state index in [0.29, 0.717) is 0 Å². The zero-order valence-corrected chi connectivity index (χ0v) is 10.8. The van der Waals surface area contributed by atoms with Crippen LogP contribution in [0.4, 0.5) is 8.78 Å². The van der Waals surface area contributed by atoms with Crippen molar-refractivity contribution in [2.45, 2.75) is 19.8 Å². The van der Waals surface area contributed by atoms with E-state index in [1.807, 2.05) is 13.0 Å². The summed E-state index contributed by atoms with van der Waals surface area (Å²) >= 11 is 0. The van der Waals surface area contributed by atoms with Gasteiger partial charge in [-0.1, -0.05) is 6.07 Å². The summed E-state index contributed by atoms with van der Waals surface area (Å²) in [5, 5.41) is 4.14. The van der Waals surface area contributed by atoms with E-state index in [-0.39, 0.29) is 24.2 Å². The largest absolute Gasteiger partial charge is 0.299 e. The van der Waals surface area contributed by atoms with Crippen LogP contribution in [-0.4, -0.2) is 15.6 Å². The number of benzene rings is 1. The van der Waals surface area contributed by atoms with Crippen molar-refractivity contribution in [3.63, 3.8) is 0 Å². The highest BCUT2D eigenvalue weighted by molar-refractivity contribution is 5.82. The van der Waals surface area contributed by atoms with Gasteiger partial charge in [0.05, 0.1) is 5.69 Å². The first-order valence-corrected chi connectivity index (χ1v) is 5.91. The van der Waals surface area contributed by atoms with Gasteiger partial charge in [-0.15, -0.1) is 0 Å². The summed E-state index contributed by atoms with van der Waals surface area (Å²) in [5.74, 6) is -1.46. The molecule has 0 aliphatic rings. The number of ketones is 1. The second-order valence-corrected chi connectivity index (χ2v) is 4.53. The van der Waals surface area contributed by atoms with E-state index in [1.54, 1.807) is 11.7 Å². The average Bonchev–Trinajstić information content (AvgIpc) is 2.61. The Bertz CT molecular complexity index is 620. The molecule has 0 aliphatic carbocycles. The molecule has 0 spiro atoms. The molecular weight excluding hydrogens is 250 g/mol. The van der Waals surface area contributed by atoms with E-state index in [9.17, 15) is 13.6 Å². The maximum absolute atomic E-state index is 13.4. The third-order valence-corrected chi connectivity index (χ3v) is 2.88. The lowest BCUT2D eigenvalue weighted by Crippen LogP contribution is -2.11. The van der Waals surface area contributed by atoms with E-state index >= 15 is 0 Å². The first kappa shape index (κ1) is 13.4. The summed E-state index contributed by atoms with van der Waals surface area (Å²) in [4.78, 5) is 11.9. The minimum absolute atomic E-state index is 0.0453. The van der Waals surface area contributed by atoms with Crippen molar-refractivity contribution in [3.05, 3.63) is 52.9 Å². The standard InChI is InChI=1S/C14H14F2N2O/c1-9-5-12(18(2)17-9)8-13(19)6-10-3-4-11(15)7-14(10)16/h3-5,7H,6,8H2,1-2H3. The van der Waals surface area contributed by atoms with E-state index in [2.05, 4.69) is 5.10 Å². The molecule has 0 N–H and O–H groups in total. The second kappa shape index (κ2) is 5.30.